The lowest BCUT2D eigenvalue weighted by Gasteiger charge is -2.19. The van der Waals surface area contributed by atoms with Crippen molar-refractivity contribution < 1.29 is 9.90 Å². The molecule has 0 bridgehead atoms. The van der Waals surface area contributed by atoms with Crippen LogP contribution in [0.2, 0.25) is 0 Å². The van der Waals surface area contributed by atoms with E-state index in [1.165, 1.54) is 12.8 Å². The first-order valence-corrected chi connectivity index (χ1v) is 5.59. The van der Waals surface area contributed by atoms with Crippen LogP contribution in [0.4, 0.5) is 0 Å². The van der Waals surface area contributed by atoms with Gasteiger partial charge in [0.15, 0.2) is 0 Å². The first-order valence-electron chi connectivity index (χ1n) is 5.59. The third kappa shape index (κ3) is 3.06. The van der Waals surface area contributed by atoms with Gasteiger partial charge in [0.1, 0.15) is 0 Å². The van der Waals surface area contributed by atoms with Gasteiger partial charge in [-0.05, 0) is 18.9 Å². The van der Waals surface area contributed by atoms with E-state index in [9.17, 15) is 4.79 Å². The molecule has 1 N–H and O–H groups in total. The average Bonchev–Trinajstić information content (AvgIpc) is 2.98. The zero-order chi connectivity index (χ0) is 11.5. The molecule has 0 saturated heterocycles. The molecule has 0 unspecified atom stereocenters. The fraction of sp³-hybridized carbons (Fsp3) is 0.636. The molecule has 0 aliphatic heterocycles. The Morgan fingerprint density at radius 1 is 1.69 bits per heavy atom. The number of carbonyl (C=O) groups is 1. The summed E-state index contributed by atoms with van der Waals surface area (Å²) in [7, 11) is 1.89. The lowest BCUT2D eigenvalue weighted by atomic mass is 10.3. The molecule has 0 spiro atoms. The van der Waals surface area contributed by atoms with Crippen molar-refractivity contribution in [2.75, 3.05) is 6.54 Å². The van der Waals surface area contributed by atoms with Crippen LogP contribution in [0.25, 0.3) is 0 Å². The van der Waals surface area contributed by atoms with Gasteiger partial charge in [0.25, 0.3) is 0 Å². The largest absolute Gasteiger partial charge is 0.481 e. The van der Waals surface area contributed by atoms with E-state index in [2.05, 4.69) is 10.00 Å². The second-order valence-corrected chi connectivity index (χ2v) is 4.33. The summed E-state index contributed by atoms with van der Waals surface area (Å²) < 4.78 is 1.78. The predicted octanol–water partition coefficient (Wildman–Crippen LogP) is 0.859. The van der Waals surface area contributed by atoms with Gasteiger partial charge in [0, 0.05) is 32.4 Å². The standard InChI is InChI=1S/C11H17N3O2/c1-13-6-4-9(12-13)8-14(10-2-3-10)7-5-11(15)16/h4,6,10H,2-3,5,7-8H2,1H3,(H,15,16). The van der Waals surface area contributed by atoms with E-state index in [0.29, 0.717) is 12.6 Å². The van der Waals surface area contributed by atoms with Gasteiger partial charge in [0.05, 0.1) is 12.1 Å². The number of aryl methyl sites for hydroxylation is 1. The molecule has 1 heterocycles. The van der Waals surface area contributed by atoms with Crippen molar-refractivity contribution in [1.29, 1.82) is 0 Å². The number of hydrogen-bond donors (Lipinski definition) is 1. The maximum Gasteiger partial charge on any atom is 0.304 e. The molecule has 1 aromatic rings. The predicted molar refractivity (Wildman–Crippen MR) is 58.9 cm³/mol. The molecule has 1 fully saturated rings. The highest BCUT2D eigenvalue weighted by atomic mass is 16.4. The smallest absolute Gasteiger partial charge is 0.304 e. The van der Waals surface area contributed by atoms with Gasteiger partial charge in [-0.3, -0.25) is 14.4 Å². The summed E-state index contributed by atoms with van der Waals surface area (Å²) in [6.45, 7) is 1.38. The second-order valence-electron chi connectivity index (χ2n) is 4.33. The molecule has 0 amide bonds. The molecular formula is C11H17N3O2. The normalized spacial score (nSPS) is 15.6. The van der Waals surface area contributed by atoms with Crippen molar-refractivity contribution in [2.24, 2.45) is 7.05 Å². The number of nitrogens with zero attached hydrogens (tertiary/aromatic N) is 3. The van der Waals surface area contributed by atoms with Gasteiger partial charge >= 0.3 is 5.97 Å². The number of hydrogen-bond acceptors (Lipinski definition) is 3. The van der Waals surface area contributed by atoms with Crippen LogP contribution in [-0.2, 0) is 18.4 Å². The molecule has 1 aliphatic rings. The summed E-state index contributed by atoms with van der Waals surface area (Å²) in [6.07, 6.45) is 4.50. The molecule has 0 radical (unpaired) electrons. The number of aromatic nitrogens is 2. The molecule has 88 valence electrons. The fourth-order valence-corrected chi connectivity index (χ4v) is 1.83. The summed E-state index contributed by atoms with van der Waals surface area (Å²) in [4.78, 5) is 12.8. The molecule has 5 heteroatoms. The number of aliphatic carboxylic acids is 1. The van der Waals surface area contributed by atoms with Crippen LogP contribution in [0.15, 0.2) is 12.3 Å². The van der Waals surface area contributed by atoms with Crippen LogP contribution in [0.1, 0.15) is 25.0 Å². The van der Waals surface area contributed by atoms with Gasteiger partial charge < -0.3 is 5.11 Å². The maximum atomic E-state index is 10.6. The van der Waals surface area contributed by atoms with E-state index in [4.69, 9.17) is 5.11 Å². The summed E-state index contributed by atoms with van der Waals surface area (Å²) in [5.41, 5.74) is 1.01. The lowest BCUT2D eigenvalue weighted by Crippen LogP contribution is -2.28. The Bertz CT molecular complexity index is 371. The van der Waals surface area contributed by atoms with Crippen molar-refractivity contribution in [3.63, 3.8) is 0 Å². The number of rotatable bonds is 6. The zero-order valence-corrected chi connectivity index (χ0v) is 9.46. The molecule has 1 saturated carbocycles. The Kier molecular flexibility index (Phi) is 3.24. The molecule has 1 aliphatic carbocycles. The Labute approximate surface area is 94.7 Å². The van der Waals surface area contributed by atoms with Crippen LogP contribution in [0.5, 0.6) is 0 Å². The third-order valence-electron chi connectivity index (χ3n) is 2.81. The third-order valence-corrected chi connectivity index (χ3v) is 2.81. The number of carboxylic acid groups (broad SMARTS) is 1. The van der Waals surface area contributed by atoms with E-state index in [0.717, 1.165) is 12.2 Å². The molecule has 1 aromatic heterocycles. The quantitative estimate of drug-likeness (QED) is 0.777. The van der Waals surface area contributed by atoms with E-state index >= 15 is 0 Å². The van der Waals surface area contributed by atoms with Gasteiger partial charge in [-0.2, -0.15) is 5.10 Å². The molecule has 0 aromatic carbocycles. The first kappa shape index (κ1) is 11.1. The zero-order valence-electron chi connectivity index (χ0n) is 9.46. The molecule has 5 nitrogen and oxygen atoms in total. The summed E-state index contributed by atoms with van der Waals surface area (Å²) in [5, 5.41) is 13.0. The maximum absolute atomic E-state index is 10.6. The van der Waals surface area contributed by atoms with Gasteiger partial charge in [-0.15, -0.1) is 0 Å². The fourth-order valence-electron chi connectivity index (χ4n) is 1.83. The molecule has 16 heavy (non-hydrogen) atoms. The average molecular weight is 223 g/mol. The van der Waals surface area contributed by atoms with Crippen molar-refractivity contribution in [3.05, 3.63) is 18.0 Å². The van der Waals surface area contributed by atoms with Crippen molar-refractivity contribution in [2.45, 2.75) is 31.8 Å². The minimum atomic E-state index is -0.730. The van der Waals surface area contributed by atoms with Crippen LogP contribution < -0.4 is 0 Å². The van der Waals surface area contributed by atoms with Crippen LogP contribution in [0.3, 0.4) is 0 Å². The molecule has 2 rings (SSSR count). The first-order chi connectivity index (χ1) is 7.65. The highest BCUT2D eigenvalue weighted by molar-refractivity contribution is 5.66. The van der Waals surface area contributed by atoms with Crippen molar-refractivity contribution in [3.8, 4) is 0 Å². The van der Waals surface area contributed by atoms with E-state index < -0.39 is 5.97 Å². The van der Waals surface area contributed by atoms with E-state index in [1.807, 2.05) is 19.3 Å². The Morgan fingerprint density at radius 2 is 2.44 bits per heavy atom. The van der Waals surface area contributed by atoms with Gasteiger partial charge in [-0.25, -0.2) is 0 Å². The van der Waals surface area contributed by atoms with E-state index in [1.54, 1.807) is 4.68 Å². The molecule has 0 atom stereocenters. The van der Waals surface area contributed by atoms with Crippen LogP contribution in [-0.4, -0.2) is 38.3 Å². The Balaban J connectivity index is 1.89. The summed E-state index contributed by atoms with van der Waals surface area (Å²) in [6, 6.07) is 2.55. The molecular weight excluding hydrogens is 206 g/mol. The van der Waals surface area contributed by atoms with Gasteiger partial charge in [-0.1, -0.05) is 0 Å². The summed E-state index contributed by atoms with van der Waals surface area (Å²) >= 11 is 0. The number of carboxylic acids is 1. The SMILES string of the molecule is Cn1ccc(CN(CCC(=O)O)C2CC2)n1. The minimum Gasteiger partial charge on any atom is -0.481 e. The second kappa shape index (κ2) is 4.65. The highest BCUT2D eigenvalue weighted by Gasteiger charge is 2.29. The van der Waals surface area contributed by atoms with Crippen LogP contribution >= 0.6 is 0 Å². The van der Waals surface area contributed by atoms with Crippen LogP contribution in [0, 0.1) is 0 Å². The Morgan fingerprint density at radius 3 is 2.94 bits per heavy atom. The lowest BCUT2D eigenvalue weighted by molar-refractivity contribution is -0.137. The van der Waals surface area contributed by atoms with Gasteiger partial charge in [0.2, 0.25) is 0 Å². The highest BCUT2D eigenvalue weighted by Crippen LogP contribution is 2.28. The Hall–Kier alpha value is -1.36. The van der Waals surface area contributed by atoms with Crippen molar-refractivity contribution in [1.82, 2.24) is 14.7 Å². The summed E-state index contributed by atoms with van der Waals surface area (Å²) in [5.74, 6) is -0.730. The van der Waals surface area contributed by atoms with Crippen molar-refractivity contribution >= 4 is 5.97 Å². The topological polar surface area (TPSA) is 58.4 Å². The monoisotopic (exact) mass is 223 g/mol. The minimum absolute atomic E-state index is 0.212. The van der Waals surface area contributed by atoms with E-state index in [-0.39, 0.29) is 6.42 Å².